The Labute approximate surface area is 265 Å². The van der Waals surface area contributed by atoms with E-state index in [9.17, 15) is 14.4 Å². The number of thioether (sulfide) groups is 1. The quantitative estimate of drug-likeness (QED) is 0.124. The Kier molecular flexibility index (Phi) is 10.9. The fraction of sp³-hybridized carbons (Fsp3) is 0.121. The Balaban J connectivity index is 1.50. The van der Waals surface area contributed by atoms with Gasteiger partial charge in [-0.2, -0.15) is 0 Å². The van der Waals surface area contributed by atoms with Gasteiger partial charge in [0.15, 0.2) is 0 Å². The van der Waals surface area contributed by atoms with E-state index in [-0.39, 0.29) is 16.6 Å². The average molecular weight is 634 g/mol. The molecule has 7 nitrogen and oxygen atoms in total. The van der Waals surface area contributed by atoms with Gasteiger partial charge >= 0.3 is 0 Å². The van der Waals surface area contributed by atoms with Gasteiger partial charge in [-0.05, 0) is 73.2 Å². The highest BCUT2D eigenvalue weighted by Gasteiger charge is 2.18. The number of benzene rings is 4. The van der Waals surface area contributed by atoms with E-state index in [2.05, 4.69) is 16.0 Å². The number of hydrogen-bond donors (Lipinski definition) is 3. The Morgan fingerprint density at radius 1 is 0.837 bits per heavy atom. The first kappa shape index (κ1) is 31.7. The second kappa shape index (κ2) is 14.8. The van der Waals surface area contributed by atoms with Crippen molar-refractivity contribution in [1.29, 1.82) is 0 Å². The summed E-state index contributed by atoms with van der Waals surface area (Å²) in [5, 5.41) is 8.57. The molecular weight excluding hydrogens is 603 g/mol. The normalized spacial score (nSPS) is 11.8. The molecule has 43 heavy (non-hydrogen) atoms. The van der Waals surface area contributed by atoms with Gasteiger partial charge in [0, 0.05) is 35.9 Å². The first-order valence-electron chi connectivity index (χ1n) is 13.3. The van der Waals surface area contributed by atoms with E-state index < -0.39 is 17.1 Å². The minimum absolute atomic E-state index is 0.0793. The largest absolute Gasteiger partial charge is 0.378 e. The zero-order chi connectivity index (χ0) is 30.9. The first-order chi connectivity index (χ1) is 20.6. The summed E-state index contributed by atoms with van der Waals surface area (Å²) >= 11 is 13.6. The van der Waals surface area contributed by atoms with Gasteiger partial charge in [0.25, 0.3) is 11.8 Å². The average Bonchev–Trinajstić information content (AvgIpc) is 3.00. The predicted octanol–water partition coefficient (Wildman–Crippen LogP) is 7.59. The number of amides is 3. The summed E-state index contributed by atoms with van der Waals surface area (Å²) in [6.45, 7) is 1.77. The third-order valence-electron chi connectivity index (χ3n) is 6.23. The van der Waals surface area contributed by atoms with Crippen molar-refractivity contribution in [3.63, 3.8) is 0 Å². The molecule has 3 N–H and O–H groups in total. The third kappa shape index (κ3) is 8.88. The molecule has 10 heteroatoms. The summed E-state index contributed by atoms with van der Waals surface area (Å²) in [7, 11) is 3.89. The molecule has 220 valence electrons. The Hall–Kier alpha value is -4.24. The van der Waals surface area contributed by atoms with Gasteiger partial charge < -0.3 is 20.9 Å². The van der Waals surface area contributed by atoms with E-state index in [0.29, 0.717) is 22.0 Å². The molecule has 1 atom stereocenters. The molecule has 0 heterocycles. The molecule has 0 aliphatic rings. The van der Waals surface area contributed by atoms with Crippen LogP contribution >= 0.6 is 35.0 Å². The summed E-state index contributed by atoms with van der Waals surface area (Å²) in [6, 6.07) is 28.4. The van der Waals surface area contributed by atoms with Crippen LogP contribution in [0.4, 0.5) is 17.1 Å². The maximum atomic E-state index is 13.5. The van der Waals surface area contributed by atoms with Crippen LogP contribution in [0.25, 0.3) is 6.08 Å². The van der Waals surface area contributed by atoms with Crippen LogP contribution in [0.1, 0.15) is 22.8 Å². The zero-order valence-electron chi connectivity index (χ0n) is 23.7. The fourth-order valence-electron chi connectivity index (χ4n) is 3.92. The SMILES string of the molecule is CC(Sc1cccc(NC(=O)/C(=C\c2ccc(N(C)C)cc2)NC(=O)c2ccccc2)c1)C(=O)Nc1cccc(Cl)c1Cl. The van der Waals surface area contributed by atoms with E-state index in [4.69, 9.17) is 23.2 Å². The van der Waals surface area contributed by atoms with Crippen molar-refractivity contribution in [3.8, 4) is 0 Å². The lowest BCUT2D eigenvalue weighted by molar-refractivity contribution is -0.115. The number of rotatable bonds is 10. The summed E-state index contributed by atoms with van der Waals surface area (Å²) in [6.07, 6.45) is 1.63. The van der Waals surface area contributed by atoms with Crippen LogP contribution in [-0.2, 0) is 9.59 Å². The molecule has 0 aliphatic carbocycles. The molecule has 4 rings (SSSR count). The smallest absolute Gasteiger partial charge is 0.272 e. The van der Waals surface area contributed by atoms with Gasteiger partial charge in [0.2, 0.25) is 5.91 Å². The number of nitrogens with zero attached hydrogens (tertiary/aromatic N) is 1. The second-order valence-corrected chi connectivity index (χ2v) is 11.9. The van der Waals surface area contributed by atoms with Crippen molar-refractivity contribution in [2.75, 3.05) is 29.6 Å². The summed E-state index contributed by atoms with van der Waals surface area (Å²) < 4.78 is 0. The lowest BCUT2D eigenvalue weighted by atomic mass is 10.1. The molecule has 0 spiro atoms. The number of hydrogen-bond acceptors (Lipinski definition) is 5. The minimum atomic E-state index is -0.496. The van der Waals surface area contributed by atoms with E-state index in [1.165, 1.54) is 11.8 Å². The van der Waals surface area contributed by atoms with Crippen molar-refractivity contribution in [1.82, 2.24) is 5.32 Å². The van der Waals surface area contributed by atoms with Gasteiger partial charge in [-0.25, -0.2) is 0 Å². The van der Waals surface area contributed by atoms with Crippen LogP contribution in [0.5, 0.6) is 0 Å². The second-order valence-electron chi connectivity index (χ2n) is 9.70. The molecule has 4 aromatic rings. The van der Waals surface area contributed by atoms with Crippen LogP contribution in [0.3, 0.4) is 0 Å². The molecular formula is C33H30Cl2N4O3S. The summed E-state index contributed by atoms with van der Waals surface area (Å²) in [5.41, 5.74) is 3.19. The lowest BCUT2D eigenvalue weighted by Gasteiger charge is -2.15. The molecule has 0 aliphatic heterocycles. The maximum absolute atomic E-state index is 13.5. The highest BCUT2D eigenvalue weighted by molar-refractivity contribution is 8.00. The lowest BCUT2D eigenvalue weighted by Crippen LogP contribution is -2.30. The van der Waals surface area contributed by atoms with Gasteiger partial charge in [0.05, 0.1) is 21.0 Å². The van der Waals surface area contributed by atoms with Crippen molar-refractivity contribution in [2.24, 2.45) is 0 Å². The number of nitrogens with one attached hydrogen (secondary N) is 3. The van der Waals surface area contributed by atoms with Gasteiger partial charge in [0.1, 0.15) is 5.70 Å². The standard InChI is InChI=1S/C33H30Cl2N4O3S/c1-21(31(40)37-28-14-8-13-27(34)30(28)35)43-26-12-7-11-24(20-26)36-33(42)29(38-32(41)23-9-5-4-6-10-23)19-22-15-17-25(18-16-22)39(2)3/h4-21H,1-3H3,(H,36,42)(H,37,40)(H,38,41)/b29-19+. The predicted molar refractivity (Wildman–Crippen MR) is 178 cm³/mol. The monoisotopic (exact) mass is 632 g/mol. The Morgan fingerprint density at radius 2 is 1.53 bits per heavy atom. The third-order valence-corrected chi connectivity index (χ3v) is 8.15. The molecule has 1 unspecified atom stereocenters. The summed E-state index contributed by atoms with van der Waals surface area (Å²) in [5.74, 6) is -1.15. The molecule has 0 saturated heterocycles. The maximum Gasteiger partial charge on any atom is 0.272 e. The van der Waals surface area contributed by atoms with Crippen LogP contribution in [0.15, 0.2) is 108 Å². The van der Waals surface area contributed by atoms with Crippen LogP contribution in [-0.4, -0.2) is 37.1 Å². The Bertz CT molecular complexity index is 1640. The zero-order valence-corrected chi connectivity index (χ0v) is 26.1. The number of anilines is 3. The molecule has 3 amide bonds. The van der Waals surface area contributed by atoms with Crippen molar-refractivity contribution < 1.29 is 14.4 Å². The van der Waals surface area contributed by atoms with Gasteiger partial charge in [-0.1, -0.05) is 65.7 Å². The number of halogens is 2. The van der Waals surface area contributed by atoms with Crippen molar-refractivity contribution in [2.45, 2.75) is 17.1 Å². The molecule has 0 fully saturated rings. The topological polar surface area (TPSA) is 90.5 Å². The van der Waals surface area contributed by atoms with E-state index in [0.717, 1.165) is 16.1 Å². The van der Waals surface area contributed by atoms with Gasteiger partial charge in [-0.15, -0.1) is 11.8 Å². The highest BCUT2D eigenvalue weighted by atomic mass is 35.5. The first-order valence-corrected chi connectivity index (χ1v) is 14.9. The van der Waals surface area contributed by atoms with Crippen LogP contribution < -0.4 is 20.9 Å². The van der Waals surface area contributed by atoms with Crippen molar-refractivity contribution >= 4 is 75.8 Å². The Morgan fingerprint density at radius 3 is 2.23 bits per heavy atom. The molecule has 0 bridgehead atoms. The van der Waals surface area contributed by atoms with Crippen molar-refractivity contribution in [3.05, 3.63) is 124 Å². The van der Waals surface area contributed by atoms with Crippen LogP contribution in [0, 0.1) is 0 Å². The van der Waals surface area contributed by atoms with Gasteiger partial charge in [-0.3, -0.25) is 14.4 Å². The minimum Gasteiger partial charge on any atom is -0.378 e. The molecule has 0 saturated carbocycles. The summed E-state index contributed by atoms with van der Waals surface area (Å²) in [4.78, 5) is 42.0. The molecule has 0 radical (unpaired) electrons. The van der Waals surface area contributed by atoms with E-state index in [1.54, 1.807) is 73.7 Å². The highest BCUT2D eigenvalue weighted by Crippen LogP contribution is 2.31. The fourth-order valence-corrected chi connectivity index (χ4v) is 5.19. The van der Waals surface area contributed by atoms with E-state index >= 15 is 0 Å². The van der Waals surface area contributed by atoms with E-state index in [1.807, 2.05) is 55.4 Å². The molecule has 0 aromatic heterocycles. The number of carbonyl (C=O) groups excluding carboxylic acids is 3. The number of carbonyl (C=O) groups is 3. The molecule has 4 aromatic carbocycles. The van der Waals surface area contributed by atoms with Crippen LogP contribution in [0.2, 0.25) is 10.0 Å².